The van der Waals surface area contributed by atoms with Gasteiger partial charge in [-0.15, -0.1) is 0 Å². The highest BCUT2D eigenvalue weighted by molar-refractivity contribution is 7.80. The third-order valence-electron chi connectivity index (χ3n) is 9.92. The lowest BCUT2D eigenvalue weighted by Gasteiger charge is -2.41. The van der Waals surface area contributed by atoms with Gasteiger partial charge in [0.15, 0.2) is 6.29 Å². The number of allylic oxidation sites excluding steroid dienone is 8. The predicted molar refractivity (Wildman–Crippen MR) is 230 cm³/mol. The van der Waals surface area contributed by atoms with E-state index in [0.29, 0.717) is 13.0 Å². The molecule has 0 aromatic carbocycles. The molecule has 6 unspecified atom stereocenters. The van der Waals surface area contributed by atoms with Crippen molar-refractivity contribution in [1.82, 2.24) is 0 Å². The van der Waals surface area contributed by atoms with Crippen LogP contribution in [0.2, 0.25) is 0 Å². The third-order valence-corrected chi connectivity index (χ3v) is 10.4. The molecule has 0 aromatic heterocycles. The summed E-state index contributed by atoms with van der Waals surface area (Å²) >= 11 is 0. The molecule has 0 spiro atoms. The van der Waals surface area contributed by atoms with Gasteiger partial charge in [-0.25, -0.2) is 4.18 Å². The summed E-state index contributed by atoms with van der Waals surface area (Å²) in [6, 6.07) is 0. The molecule has 1 aliphatic heterocycles. The zero-order valence-corrected chi connectivity index (χ0v) is 36.7. The van der Waals surface area contributed by atoms with E-state index in [2.05, 4.69) is 66.6 Å². The largest absolute Gasteiger partial charge is 0.457 e. The Hall–Kier alpha value is -1.94. The molecule has 0 amide bonds. The summed E-state index contributed by atoms with van der Waals surface area (Å²) in [5.74, 6) is -0.419. The zero-order chi connectivity index (χ0) is 42.5. The van der Waals surface area contributed by atoms with E-state index in [1.165, 1.54) is 57.8 Å². The topological polar surface area (TPSA) is 178 Å². The summed E-state index contributed by atoms with van der Waals surface area (Å²) in [6.45, 7) is 3.88. The van der Waals surface area contributed by atoms with Crippen LogP contribution in [0.15, 0.2) is 48.6 Å². The van der Waals surface area contributed by atoms with Gasteiger partial charge in [0.2, 0.25) is 0 Å². The number of hydrogen-bond acceptors (Lipinski definition) is 11. The van der Waals surface area contributed by atoms with E-state index in [9.17, 15) is 28.5 Å². The third kappa shape index (κ3) is 30.1. The molecular formula is C45H80O12S. The smallest absolute Gasteiger partial charge is 0.397 e. The Morgan fingerprint density at radius 3 is 1.69 bits per heavy atom. The molecule has 0 aliphatic carbocycles. The lowest BCUT2D eigenvalue weighted by atomic mass is 9.99. The Morgan fingerprint density at radius 2 is 1.16 bits per heavy atom. The molecule has 1 saturated heterocycles. The fourth-order valence-electron chi connectivity index (χ4n) is 6.48. The molecule has 0 aromatic rings. The van der Waals surface area contributed by atoms with Gasteiger partial charge in [0, 0.05) is 13.0 Å². The average Bonchev–Trinajstić information content (AvgIpc) is 3.19. The minimum atomic E-state index is -5.06. The van der Waals surface area contributed by atoms with Crippen LogP contribution >= 0.6 is 0 Å². The molecule has 338 valence electrons. The second-order valence-electron chi connectivity index (χ2n) is 15.3. The second-order valence-corrected chi connectivity index (χ2v) is 16.3. The summed E-state index contributed by atoms with van der Waals surface area (Å²) in [5.41, 5.74) is 0. The molecule has 12 nitrogen and oxygen atoms in total. The Bertz CT molecular complexity index is 1200. The molecule has 1 heterocycles. The first kappa shape index (κ1) is 54.1. The van der Waals surface area contributed by atoms with Crippen molar-refractivity contribution in [3.8, 4) is 0 Å². The van der Waals surface area contributed by atoms with Gasteiger partial charge >= 0.3 is 16.4 Å². The van der Waals surface area contributed by atoms with Crippen molar-refractivity contribution in [2.45, 2.75) is 205 Å². The number of esters is 1. The first-order valence-corrected chi connectivity index (χ1v) is 23.8. The van der Waals surface area contributed by atoms with E-state index < -0.39 is 59.8 Å². The molecule has 0 saturated carbocycles. The monoisotopic (exact) mass is 845 g/mol. The molecule has 13 heteroatoms. The first-order valence-electron chi connectivity index (χ1n) is 22.4. The van der Waals surface area contributed by atoms with Crippen LogP contribution in [0, 0.1) is 0 Å². The van der Waals surface area contributed by atoms with E-state index in [4.69, 9.17) is 23.5 Å². The molecule has 4 N–H and O–H groups in total. The van der Waals surface area contributed by atoms with Gasteiger partial charge in [-0.05, 0) is 70.6 Å². The number of rotatable bonds is 38. The standard InChI is InChI=1S/C45H80O12S/c1-3-5-7-9-11-13-15-17-19-20-21-23-25-27-29-31-33-35-53-37-39(38-54-45-43(49)44(57-58(50,51)52)42(48)40(36-46)56-45)55-41(47)34-32-30-28-26-24-22-18-16-14-12-10-8-6-4-2/h10,12-13,15-16,18-20,39-40,42-46,48-49H,3-9,11,14,17,21-38H2,1-2H3,(H,50,51,52)/b12-10-,15-13-,18-16-,20-19-. The number of carbonyl (C=O) groups excluding carboxylic acids is 1. The normalized spacial score (nSPS) is 21.0. The fraction of sp³-hybridized carbons (Fsp3) is 0.800. The summed E-state index contributed by atoms with van der Waals surface area (Å²) in [7, 11) is -5.06. The summed E-state index contributed by atoms with van der Waals surface area (Å²) in [5, 5.41) is 30.6. The molecule has 1 aliphatic rings. The van der Waals surface area contributed by atoms with Gasteiger partial charge in [-0.3, -0.25) is 9.35 Å². The maximum Gasteiger partial charge on any atom is 0.397 e. The van der Waals surface area contributed by atoms with Crippen LogP contribution in [0.1, 0.15) is 168 Å². The van der Waals surface area contributed by atoms with Crippen molar-refractivity contribution < 1.29 is 56.2 Å². The van der Waals surface area contributed by atoms with E-state index in [1.54, 1.807) is 0 Å². The van der Waals surface area contributed by atoms with Crippen LogP contribution in [0.3, 0.4) is 0 Å². The molecule has 1 fully saturated rings. The van der Waals surface area contributed by atoms with E-state index in [-0.39, 0.29) is 19.6 Å². The minimum absolute atomic E-state index is 0.0218. The molecular weight excluding hydrogens is 765 g/mol. The number of ether oxygens (including phenoxy) is 4. The van der Waals surface area contributed by atoms with Crippen molar-refractivity contribution in [2.75, 3.05) is 26.4 Å². The number of aliphatic hydroxyl groups is 3. The minimum Gasteiger partial charge on any atom is -0.457 e. The first-order chi connectivity index (χ1) is 28.1. The van der Waals surface area contributed by atoms with Gasteiger partial charge in [0.05, 0.1) is 19.8 Å². The zero-order valence-electron chi connectivity index (χ0n) is 35.8. The number of unbranched alkanes of at least 4 members (excludes halogenated alkanes) is 17. The van der Waals surface area contributed by atoms with Gasteiger partial charge in [0.1, 0.15) is 30.5 Å². The Kier molecular flexibility index (Phi) is 34.4. The Labute approximate surface area is 351 Å². The van der Waals surface area contributed by atoms with Crippen molar-refractivity contribution in [1.29, 1.82) is 0 Å². The van der Waals surface area contributed by atoms with E-state index in [0.717, 1.165) is 83.5 Å². The lowest BCUT2D eigenvalue weighted by Crippen LogP contribution is -2.60. The van der Waals surface area contributed by atoms with Crippen LogP contribution in [0.5, 0.6) is 0 Å². The molecule has 6 atom stereocenters. The Balaban J connectivity index is 2.46. The number of hydrogen-bond donors (Lipinski definition) is 4. The van der Waals surface area contributed by atoms with Crippen LogP contribution in [-0.2, 0) is 38.3 Å². The fourth-order valence-corrected chi connectivity index (χ4v) is 6.99. The lowest BCUT2D eigenvalue weighted by molar-refractivity contribution is -0.301. The maximum atomic E-state index is 12.8. The van der Waals surface area contributed by atoms with Gasteiger partial charge in [-0.2, -0.15) is 8.42 Å². The predicted octanol–water partition coefficient (Wildman–Crippen LogP) is 9.19. The molecule has 58 heavy (non-hydrogen) atoms. The van der Waals surface area contributed by atoms with Gasteiger partial charge < -0.3 is 34.3 Å². The molecule has 0 radical (unpaired) electrons. The van der Waals surface area contributed by atoms with Gasteiger partial charge in [-0.1, -0.05) is 140 Å². The van der Waals surface area contributed by atoms with Gasteiger partial charge in [0.25, 0.3) is 0 Å². The number of aliphatic hydroxyl groups excluding tert-OH is 3. The van der Waals surface area contributed by atoms with Crippen LogP contribution in [0.4, 0.5) is 0 Å². The number of carbonyl (C=O) groups is 1. The van der Waals surface area contributed by atoms with Crippen LogP contribution in [-0.4, -0.2) is 97.5 Å². The Morgan fingerprint density at radius 1 is 0.655 bits per heavy atom. The second kappa shape index (κ2) is 36.9. The van der Waals surface area contributed by atoms with Crippen molar-refractivity contribution in [3.05, 3.63) is 48.6 Å². The van der Waals surface area contributed by atoms with Crippen molar-refractivity contribution in [3.63, 3.8) is 0 Å². The van der Waals surface area contributed by atoms with E-state index in [1.807, 2.05) is 0 Å². The summed E-state index contributed by atoms with van der Waals surface area (Å²) in [6.07, 6.45) is 34.2. The van der Waals surface area contributed by atoms with Crippen LogP contribution in [0.25, 0.3) is 0 Å². The quantitative estimate of drug-likeness (QED) is 0.0201. The summed E-state index contributed by atoms with van der Waals surface area (Å²) < 4.78 is 59.0. The SMILES string of the molecule is CCCC/C=C\C/C=C\CCCCCCCC(=O)OC(COCCCCCCCC/C=C\C/C=C\CCCCCC)COC1OC(CO)C(O)C(OS(=O)(=O)O)C1O. The van der Waals surface area contributed by atoms with E-state index >= 15 is 0 Å². The highest BCUT2D eigenvalue weighted by atomic mass is 32.3. The molecule has 1 rings (SSSR count). The average molecular weight is 845 g/mol. The maximum absolute atomic E-state index is 12.8. The van der Waals surface area contributed by atoms with Crippen LogP contribution < -0.4 is 0 Å². The van der Waals surface area contributed by atoms with Crippen molar-refractivity contribution in [2.24, 2.45) is 0 Å². The summed E-state index contributed by atoms with van der Waals surface area (Å²) in [4.78, 5) is 12.8. The highest BCUT2D eigenvalue weighted by Crippen LogP contribution is 2.26. The highest BCUT2D eigenvalue weighted by Gasteiger charge is 2.48. The van der Waals surface area contributed by atoms with Crippen molar-refractivity contribution >= 4 is 16.4 Å². The molecule has 0 bridgehead atoms.